The standard InChI is InChI=1S/C88H70N4/c1-49(2)53-25-33-57(34-26-53)77-81-69-41-61-17-9-11-19-63(61)43-71(69)83(89-81)78(58-35-27-54(28-36-58)50(3)4)85-73-45-65-21-13-15-23-67(65)47-75(73)87(91-85)80(60-39-31-56(32-40-60)52(7)8)88-76-48-68-24-16-14-22-66(68)46-74(76)86(92-88)79(59-37-29-55(30-38-59)51(5)6)84-72-44-64-20-12-10-18-62(64)42-70(72)82(77)90-84/h9-52,89,92H,1-8H3. The molecule has 8 bridgehead atoms. The molecule has 0 unspecified atom stereocenters. The summed E-state index contributed by atoms with van der Waals surface area (Å²) in [5.74, 6) is 1.36. The molecule has 14 aromatic rings. The molecule has 0 saturated carbocycles. The van der Waals surface area contributed by atoms with E-state index in [1.807, 2.05) is 0 Å². The first-order valence-corrected chi connectivity index (χ1v) is 32.9. The first-order chi connectivity index (χ1) is 44.9. The van der Waals surface area contributed by atoms with Crippen LogP contribution in [0, 0.1) is 0 Å². The van der Waals surface area contributed by atoms with Crippen LogP contribution < -0.4 is 0 Å². The van der Waals surface area contributed by atoms with E-state index >= 15 is 0 Å². The fourth-order valence-electron chi connectivity index (χ4n) is 14.8. The molecule has 1 aliphatic carbocycles. The van der Waals surface area contributed by atoms with Crippen molar-refractivity contribution in [2.45, 2.75) is 79.1 Å². The Kier molecular flexibility index (Phi) is 12.9. The average molecular weight is 1180 g/mol. The number of rotatable bonds is 8. The number of hydrogen-bond donors (Lipinski definition) is 2. The van der Waals surface area contributed by atoms with Crippen LogP contribution in [0.2, 0.25) is 0 Å². The van der Waals surface area contributed by atoms with Crippen LogP contribution >= 0.6 is 0 Å². The molecule has 2 aromatic heterocycles. The summed E-state index contributed by atoms with van der Waals surface area (Å²) in [6.45, 7) is 18.2. The van der Waals surface area contributed by atoms with Crippen LogP contribution in [-0.2, 0) is 0 Å². The van der Waals surface area contributed by atoms with Gasteiger partial charge >= 0.3 is 0 Å². The van der Waals surface area contributed by atoms with Crippen LogP contribution in [0.3, 0.4) is 0 Å². The Morgan fingerprint density at radius 3 is 0.598 bits per heavy atom. The van der Waals surface area contributed by atoms with Crippen molar-refractivity contribution in [3.8, 4) is 89.5 Å². The number of hydrogen-bond acceptors (Lipinski definition) is 2. The van der Waals surface area contributed by atoms with Gasteiger partial charge < -0.3 is 9.97 Å². The van der Waals surface area contributed by atoms with Gasteiger partial charge in [0.1, 0.15) is 0 Å². The fourth-order valence-corrected chi connectivity index (χ4v) is 14.8. The third kappa shape index (κ3) is 8.94. The maximum atomic E-state index is 6.33. The molecule has 0 spiro atoms. The molecule has 4 heterocycles. The van der Waals surface area contributed by atoms with E-state index in [4.69, 9.17) is 9.97 Å². The lowest BCUT2D eigenvalue weighted by Gasteiger charge is -2.12. The molecule has 3 aliphatic rings. The third-order valence-electron chi connectivity index (χ3n) is 20.0. The van der Waals surface area contributed by atoms with Crippen molar-refractivity contribution in [3.05, 3.63) is 265 Å². The highest BCUT2D eigenvalue weighted by atomic mass is 14.8. The fraction of sp³-hybridized carbons (Fsp3) is 0.136. The molecule has 4 nitrogen and oxygen atoms in total. The zero-order valence-electron chi connectivity index (χ0n) is 53.3. The monoisotopic (exact) mass is 1180 g/mol. The summed E-state index contributed by atoms with van der Waals surface area (Å²) in [4.78, 5) is 21.5. The number of aromatic nitrogens is 4. The highest BCUT2D eigenvalue weighted by molar-refractivity contribution is 6.25. The van der Waals surface area contributed by atoms with E-state index in [9.17, 15) is 0 Å². The van der Waals surface area contributed by atoms with Gasteiger partial charge in [0.2, 0.25) is 0 Å². The van der Waals surface area contributed by atoms with Crippen molar-refractivity contribution < 1.29 is 0 Å². The molecule has 92 heavy (non-hydrogen) atoms. The lowest BCUT2D eigenvalue weighted by Crippen LogP contribution is -1.91. The molecule has 0 saturated heterocycles. The maximum absolute atomic E-state index is 6.33. The zero-order valence-corrected chi connectivity index (χ0v) is 53.3. The predicted molar refractivity (Wildman–Crippen MR) is 393 cm³/mol. The topological polar surface area (TPSA) is 57.4 Å². The van der Waals surface area contributed by atoms with Gasteiger partial charge in [-0.3, -0.25) is 0 Å². The molecule has 2 aliphatic heterocycles. The smallest absolute Gasteiger partial charge is 0.0816 e. The minimum Gasteiger partial charge on any atom is -0.353 e. The van der Waals surface area contributed by atoms with Crippen molar-refractivity contribution >= 4 is 86.7 Å². The largest absolute Gasteiger partial charge is 0.353 e. The van der Waals surface area contributed by atoms with Crippen LogP contribution in [0.15, 0.2) is 243 Å². The SMILES string of the molecule is CC(C)c1ccc(-c2c3nc(c(-c4ccc(C(C)C)cc4)c4[nH]c(c(-c5ccc(C(C)C)cc5)c5nc(c(-c6ccc(C(C)C)cc6)c6[nH]c2c2cc7ccccc7cc62)-c2cc6ccccc6cc2-5)c2cc5ccccc5cc42)-c2cc4ccccc4cc2-3)cc1. The van der Waals surface area contributed by atoms with E-state index in [0.29, 0.717) is 23.7 Å². The number of benzene rings is 12. The van der Waals surface area contributed by atoms with Crippen LogP contribution in [0.1, 0.15) is 101 Å². The minimum absolute atomic E-state index is 0.341. The van der Waals surface area contributed by atoms with Crippen molar-refractivity contribution in [2.24, 2.45) is 0 Å². The molecule has 442 valence electrons. The lowest BCUT2D eigenvalue weighted by molar-refractivity contribution is 0.867. The van der Waals surface area contributed by atoms with Crippen LogP contribution in [0.5, 0.6) is 0 Å². The van der Waals surface area contributed by atoms with Gasteiger partial charge in [-0.25, -0.2) is 9.97 Å². The number of aromatic amines is 2. The summed E-state index contributed by atoms with van der Waals surface area (Å²) in [5.41, 5.74) is 25.6. The van der Waals surface area contributed by atoms with Crippen molar-refractivity contribution in [2.75, 3.05) is 0 Å². The highest BCUT2D eigenvalue weighted by Gasteiger charge is 2.32. The second kappa shape index (κ2) is 21.5. The van der Waals surface area contributed by atoms with E-state index in [0.717, 1.165) is 176 Å². The Hall–Kier alpha value is -10.7. The van der Waals surface area contributed by atoms with E-state index < -0.39 is 0 Å². The normalized spacial score (nSPS) is 12.3. The molecule has 0 atom stereocenters. The van der Waals surface area contributed by atoms with Gasteiger partial charge in [0, 0.05) is 66.1 Å². The molecule has 17 rings (SSSR count). The van der Waals surface area contributed by atoms with Gasteiger partial charge in [-0.05, 0) is 160 Å². The summed E-state index contributed by atoms with van der Waals surface area (Å²) in [7, 11) is 0. The molecule has 0 fully saturated rings. The molecule has 2 N–H and O–H groups in total. The summed E-state index contributed by atoms with van der Waals surface area (Å²) in [6, 6.07) is 91.9. The van der Waals surface area contributed by atoms with Crippen molar-refractivity contribution in [1.82, 2.24) is 19.9 Å². The highest BCUT2D eigenvalue weighted by Crippen LogP contribution is 2.54. The Morgan fingerprint density at radius 1 is 0.228 bits per heavy atom. The summed E-state index contributed by atoms with van der Waals surface area (Å²) in [6.07, 6.45) is 0. The Bertz CT molecular complexity index is 5020. The van der Waals surface area contributed by atoms with Gasteiger partial charge in [-0.2, -0.15) is 0 Å². The van der Waals surface area contributed by atoms with Gasteiger partial charge in [0.15, 0.2) is 0 Å². The third-order valence-corrected chi connectivity index (χ3v) is 20.0. The molecule has 4 heteroatoms. The predicted octanol–water partition coefficient (Wildman–Crippen LogP) is 25.1. The Morgan fingerprint density at radius 2 is 0.413 bits per heavy atom. The van der Waals surface area contributed by atoms with Gasteiger partial charge in [-0.15, -0.1) is 0 Å². The Labute approximate surface area is 537 Å². The van der Waals surface area contributed by atoms with E-state index in [1.165, 1.54) is 22.3 Å². The minimum atomic E-state index is 0.341. The second-order valence-corrected chi connectivity index (χ2v) is 27.0. The Balaban J connectivity index is 1.21. The molecule has 0 radical (unpaired) electrons. The summed E-state index contributed by atoms with van der Waals surface area (Å²) in [5, 5.41) is 13.7. The van der Waals surface area contributed by atoms with Crippen LogP contribution in [-0.4, -0.2) is 19.9 Å². The molecule has 12 aromatic carbocycles. The first kappa shape index (κ1) is 55.4. The van der Waals surface area contributed by atoms with E-state index in [2.05, 4.69) is 308 Å². The van der Waals surface area contributed by atoms with E-state index in [1.54, 1.807) is 0 Å². The average Bonchev–Trinajstić information content (AvgIpc) is 1.56. The zero-order chi connectivity index (χ0) is 62.2. The molecular formula is C88H70N4. The van der Waals surface area contributed by atoms with Gasteiger partial charge in [0.25, 0.3) is 0 Å². The molecule has 0 amide bonds. The van der Waals surface area contributed by atoms with E-state index in [-0.39, 0.29) is 0 Å². The number of fused-ring (bicyclic) bond motifs is 4. The van der Waals surface area contributed by atoms with Gasteiger partial charge in [-0.1, -0.05) is 250 Å². The maximum Gasteiger partial charge on any atom is 0.0816 e. The van der Waals surface area contributed by atoms with Crippen LogP contribution in [0.25, 0.3) is 176 Å². The van der Waals surface area contributed by atoms with Crippen molar-refractivity contribution in [3.63, 3.8) is 0 Å². The van der Waals surface area contributed by atoms with Crippen LogP contribution in [0.4, 0.5) is 0 Å². The van der Waals surface area contributed by atoms with Gasteiger partial charge in [0.05, 0.1) is 44.8 Å². The molecular weight excluding hydrogens is 1110 g/mol. The lowest BCUT2D eigenvalue weighted by atomic mass is 9.90. The number of nitrogens with one attached hydrogen (secondary N) is 2. The summed E-state index contributed by atoms with van der Waals surface area (Å²) >= 11 is 0. The summed E-state index contributed by atoms with van der Waals surface area (Å²) < 4.78 is 0. The van der Waals surface area contributed by atoms with Crippen molar-refractivity contribution in [1.29, 1.82) is 0 Å². The quantitative estimate of drug-likeness (QED) is 0.159. The number of nitrogens with zero attached hydrogens (tertiary/aromatic N) is 2. The first-order valence-electron chi connectivity index (χ1n) is 32.9. The second-order valence-electron chi connectivity index (χ2n) is 27.0. The number of H-pyrrole nitrogens is 2.